The SMILES string of the molecule is C=C(C(O)CC(OC(=O)C(C)C)C(C)(C)O)C1C(O)C(OC(=O)C(C)=CC)C(C)(O)C(OC(C)=O)C1OC(=O)C(C)C. The molecule has 0 spiro atoms. The van der Waals surface area contributed by atoms with Crippen molar-refractivity contribution in [2.24, 2.45) is 17.8 Å². The van der Waals surface area contributed by atoms with Crippen LogP contribution in [0.1, 0.15) is 75.7 Å². The number of hydrogen-bond donors (Lipinski definition) is 4. The highest BCUT2D eigenvalue weighted by atomic mass is 16.6. The van der Waals surface area contributed by atoms with E-state index in [1.807, 2.05) is 0 Å². The molecular weight excluding hydrogens is 552 g/mol. The molecule has 42 heavy (non-hydrogen) atoms. The zero-order chi connectivity index (χ0) is 32.9. The van der Waals surface area contributed by atoms with Crippen LogP contribution in [-0.2, 0) is 38.1 Å². The molecule has 12 nitrogen and oxygen atoms in total. The maximum absolute atomic E-state index is 12.8. The standard InChI is InChI=1S/C30H48O12/c1-12-16(6)28(36)42-24-22(33)21(17(7)19(32)13-20(29(9,10)37)40-26(34)14(2)3)23(41-27(35)15(4)5)25(30(24,11)38)39-18(8)31/h12,14-15,19-25,32-33,37-38H,7,13H2,1-6,8-11H3. The zero-order valence-corrected chi connectivity index (χ0v) is 26.2. The highest BCUT2D eigenvalue weighted by molar-refractivity contribution is 5.87. The van der Waals surface area contributed by atoms with E-state index in [4.69, 9.17) is 18.9 Å². The van der Waals surface area contributed by atoms with Gasteiger partial charge in [-0.1, -0.05) is 40.3 Å². The van der Waals surface area contributed by atoms with Crippen molar-refractivity contribution in [1.82, 2.24) is 0 Å². The minimum atomic E-state index is -2.28. The summed E-state index contributed by atoms with van der Waals surface area (Å²) < 4.78 is 22.0. The number of ether oxygens (including phenoxy) is 4. The Hall–Kier alpha value is -2.80. The van der Waals surface area contributed by atoms with Gasteiger partial charge in [0.05, 0.1) is 29.5 Å². The second kappa shape index (κ2) is 14.6. The lowest BCUT2D eigenvalue weighted by Gasteiger charge is -2.52. The van der Waals surface area contributed by atoms with Crippen molar-refractivity contribution in [2.45, 2.75) is 123 Å². The third kappa shape index (κ3) is 9.10. The molecule has 0 bridgehead atoms. The Morgan fingerprint density at radius 2 is 1.50 bits per heavy atom. The molecule has 0 amide bonds. The maximum atomic E-state index is 12.8. The van der Waals surface area contributed by atoms with Crippen molar-refractivity contribution in [3.8, 4) is 0 Å². The summed E-state index contributed by atoms with van der Waals surface area (Å²) in [4.78, 5) is 50.0. The first kappa shape index (κ1) is 37.2. The Bertz CT molecular complexity index is 1040. The van der Waals surface area contributed by atoms with Gasteiger partial charge in [0, 0.05) is 18.9 Å². The van der Waals surface area contributed by atoms with Gasteiger partial charge in [-0.15, -0.1) is 0 Å². The second-order valence-corrected chi connectivity index (χ2v) is 12.2. The lowest BCUT2D eigenvalue weighted by atomic mass is 9.67. The van der Waals surface area contributed by atoms with Gasteiger partial charge in [0.25, 0.3) is 0 Å². The lowest BCUT2D eigenvalue weighted by molar-refractivity contribution is -0.262. The Balaban J connectivity index is 3.70. The molecule has 0 aliphatic heterocycles. The highest BCUT2D eigenvalue weighted by Crippen LogP contribution is 2.43. The molecule has 1 fully saturated rings. The molecule has 1 rings (SSSR count). The van der Waals surface area contributed by atoms with E-state index in [1.54, 1.807) is 34.6 Å². The zero-order valence-electron chi connectivity index (χ0n) is 26.2. The van der Waals surface area contributed by atoms with Crippen molar-refractivity contribution in [2.75, 3.05) is 0 Å². The highest BCUT2D eigenvalue weighted by Gasteiger charge is 2.62. The molecule has 0 heterocycles. The van der Waals surface area contributed by atoms with Crippen molar-refractivity contribution >= 4 is 23.9 Å². The van der Waals surface area contributed by atoms with E-state index in [9.17, 15) is 39.6 Å². The number of esters is 4. The normalized spacial score (nSPS) is 28.1. The number of aliphatic hydroxyl groups excluding tert-OH is 2. The maximum Gasteiger partial charge on any atom is 0.333 e. The van der Waals surface area contributed by atoms with Gasteiger partial charge >= 0.3 is 23.9 Å². The summed E-state index contributed by atoms with van der Waals surface area (Å²) in [6, 6.07) is 0. The number of carbonyl (C=O) groups is 4. The molecule has 0 aromatic carbocycles. The molecular formula is C30H48O12. The average Bonchev–Trinajstić information content (AvgIpc) is 2.86. The van der Waals surface area contributed by atoms with Gasteiger partial charge in [0.1, 0.15) is 17.8 Å². The first-order chi connectivity index (χ1) is 19.1. The summed E-state index contributed by atoms with van der Waals surface area (Å²) in [5, 5.41) is 45.1. The molecule has 0 aromatic rings. The van der Waals surface area contributed by atoms with Crippen molar-refractivity contribution < 1.29 is 58.6 Å². The minimum Gasteiger partial charge on any atom is -0.459 e. The number of hydrogen-bond acceptors (Lipinski definition) is 12. The molecule has 240 valence electrons. The summed E-state index contributed by atoms with van der Waals surface area (Å²) in [6.07, 6.45) is -8.58. The van der Waals surface area contributed by atoms with Gasteiger partial charge < -0.3 is 39.4 Å². The van der Waals surface area contributed by atoms with E-state index in [1.165, 1.54) is 26.8 Å². The van der Waals surface area contributed by atoms with Crippen LogP contribution in [0.25, 0.3) is 0 Å². The van der Waals surface area contributed by atoms with Gasteiger partial charge in [-0.2, -0.15) is 0 Å². The fourth-order valence-corrected chi connectivity index (χ4v) is 4.46. The topological polar surface area (TPSA) is 186 Å². The molecule has 8 unspecified atom stereocenters. The third-order valence-electron chi connectivity index (χ3n) is 7.30. The number of allylic oxidation sites excluding steroid dienone is 1. The molecule has 0 aromatic heterocycles. The van der Waals surface area contributed by atoms with Crippen LogP contribution in [0.4, 0.5) is 0 Å². The van der Waals surface area contributed by atoms with Crippen LogP contribution in [0.5, 0.6) is 0 Å². The molecule has 12 heteroatoms. The molecule has 1 saturated carbocycles. The van der Waals surface area contributed by atoms with Gasteiger partial charge in [-0.25, -0.2) is 4.79 Å². The molecule has 8 atom stereocenters. The predicted molar refractivity (Wildman–Crippen MR) is 150 cm³/mol. The van der Waals surface area contributed by atoms with Crippen molar-refractivity contribution in [3.05, 3.63) is 23.8 Å². The molecule has 1 aliphatic carbocycles. The fourth-order valence-electron chi connectivity index (χ4n) is 4.46. The minimum absolute atomic E-state index is 0.158. The number of aliphatic hydroxyl groups is 4. The molecule has 0 radical (unpaired) electrons. The predicted octanol–water partition coefficient (Wildman–Crippen LogP) is 1.75. The Morgan fingerprint density at radius 3 is 1.93 bits per heavy atom. The summed E-state index contributed by atoms with van der Waals surface area (Å²) >= 11 is 0. The van der Waals surface area contributed by atoms with Gasteiger partial charge in [-0.05, 0) is 40.2 Å². The lowest BCUT2D eigenvalue weighted by Crippen LogP contribution is -2.70. The molecule has 4 N–H and O–H groups in total. The van der Waals surface area contributed by atoms with E-state index in [-0.39, 0.29) is 17.6 Å². The summed E-state index contributed by atoms with van der Waals surface area (Å²) in [5.41, 5.74) is -3.89. The summed E-state index contributed by atoms with van der Waals surface area (Å²) in [7, 11) is 0. The average molecular weight is 601 g/mol. The van der Waals surface area contributed by atoms with Crippen LogP contribution in [0.3, 0.4) is 0 Å². The monoisotopic (exact) mass is 600 g/mol. The van der Waals surface area contributed by atoms with E-state index < -0.39 is 89.5 Å². The van der Waals surface area contributed by atoms with Crippen LogP contribution in [-0.4, -0.2) is 92.1 Å². The first-order valence-electron chi connectivity index (χ1n) is 14.0. The van der Waals surface area contributed by atoms with Crippen LogP contribution in [0, 0.1) is 17.8 Å². The molecule has 1 aliphatic rings. The largest absolute Gasteiger partial charge is 0.459 e. The Morgan fingerprint density at radius 1 is 0.976 bits per heavy atom. The smallest absolute Gasteiger partial charge is 0.333 e. The van der Waals surface area contributed by atoms with Gasteiger partial charge in [0.2, 0.25) is 0 Å². The molecule has 0 saturated heterocycles. The van der Waals surface area contributed by atoms with Crippen molar-refractivity contribution in [3.63, 3.8) is 0 Å². The third-order valence-corrected chi connectivity index (χ3v) is 7.30. The van der Waals surface area contributed by atoms with Crippen LogP contribution in [0.15, 0.2) is 23.8 Å². The van der Waals surface area contributed by atoms with E-state index in [0.29, 0.717) is 0 Å². The second-order valence-electron chi connectivity index (χ2n) is 12.2. The summed E-state index contributed by atoms with van der Waals surface area (Å²) in [6.45, 7) is 18.2. The van der Waals surface area contributed by atoms with Gasteiger partial charge in [0.15, 0.2) is 18.3 Å². The van der Waals surface area contributed by atoms with E-state index in [0.717, 1.165) is 13.8 Å². The van der Waals surface area contributed by atoms with Crippen LogP contribution < -0.4 is 0 Å². The van der Waals surface area contributed by atoms with E-state index in [2.05, 4.69) is 6.58 Å². The van der Waals surface area contributed by atoms with Crippen LogP contribution >= 0.6 is 0 Å². The number of rotatable bonds is 12. The Labute approximate surface area is 247 Å². The number of carbonyl (C=O) groups excluding carboxylic acids is 4. The van der Waals surface area contributed by atoms with Crippen molar-refractivity contribution in [1.29, 1.82) is 0 Å². The van der Waals surface area contributed by atoms with E-state index >= 15 is 0 Å². The summed E-state index contributed by atoms with van der Waals surface area (Å²) in [5.74, 6) is -5.81. The van der Waals surface area contributed by atoms with Crippen LogP contribution in [0.2, 0.25) is 0 Å². The quantitative estimate of drug-likeness (QED) is 0.110. The Kier molecular flexibility index (Phi) is 12.9. The fraction of sp³-hybridized carbons (Fsp3) is 0.733. The first-order valence-corrected chi connectivity index (χ1v) is 14.0. The van der Waals surface area contributed by atoms with Gasteiger partial charge in [-0.3, -0.25) is 14.4 Å².